The second kappa shape index (κ2) is 9.42. The van der Waals surface area contributed by atoms with Crippen LogP contribution in [0.2, 0.25) is 5.02 Å². The van der Waals surface area contributed by atoms with Crippen molar-refractivity contribution in [2.75, 3.05) is 0 Å². The third-order valence-electron chi connectivity index (χ3n) is 5.81. The van der Waals surface area contributed by atoms with Crippen LogP contribution >= 0.6 is 11.6 Å². The van der Waals surface area contributed by atoms with Gasteiger partial charge in [-0.3, -0.25) is 0 Å². The van der Waals surface area contributed by atoms with Gasteiger partial charge in [0.2, 0.25) is 0 Å². The highest BCUT2D eigenvalue weighted by Crippen LogP contribution is 2.41. The van der Waals surface area contributed by atoms with Gasteiger partial charge < -0.3 is 5.11 Å². The maximum atomic E-state index is 10.9. The average molecular weight is 441 g/mol. The summed E-state index contributed by atoms with van der Waals surface area (Å²) in [5.74, 6) is -0.953. The molecule has 0 spiro atoms. The Morgan fingerprint density at radius 2 is 1.81 bits per heavy atom. The Balaban J connectivity index is 1.87. The van der Waals surface area contributed by atoms with Crippen LogP contribution in [0, 0.1) is 6.92 Å². The molecule has 0 saturated carbocycles. The number of carbonyl (C=O) groups is 1. The monoisotopic (exact) mass is 440 g/mol. The molecule has 0 fully saturated rings. The van der Waals surface area contributed by atoms with Gasteiger partial charge in [-0.1, -0.05) is 85.3 Å². The van der Waals surface area contributed by atoms with Crippen LogP contribution in [-0.2, 0) is 11.2 Å². The van der Waals surface area contributed by atoms with Crippen molar-refractivity contribution < 1.29 is 9.90 Å². The minimum Gasteiger partial charge on any atom is -0.478 e. The number of hydrogen-bond acceptors (Lipinski definition) is 1. The second-order valence-corrected chi connectivity index (χ2v) is 8.44. The molecule has 0 unspecified atom stereocenters. The number of hydrogen-bond donors (Lipinski definition) is 1. The summed E-state index contributed by atoms with van der Waals surface area (Å²) in [6.45, 7) is 4.21. The van der Waals surface area contributed by atoms with Gasteiger partial charge in [0.05, 0.1) is 0 Å². The number of aliphatic carboxylic acids is 1. The van der Waals surface area contributed by atoms with Crippen molar-refractivity contribution in [1.82, 2.24) is 0 Å². The summed E-state index contributed by atoms with van der Waals surface area (Å²) in [5.41, 5.74) is 10.4. The van der Waals surface area contributed by atoms with Crippen molar-refractivity contribution in [2.24, 2.45) is 0 Å². The quantitative estimate of drug-likeness (QED) is 0.315. The van der Waals surface area contributed by atoms with E-state index in [1.165, 1.54) is 27.8 Å². The molecule has 0 saturated heterocycles. The fourth-order valence-electron chi connectivity index (χ4n) is 4.29. The van der Waals surface area contributed by atoms with E-state index < -0.39 is 5.97 Å². The summed E-state index contributed by atoms with van der Waals surface area (Å²) in [5, 5.41) is 9.67. The molecule has 2 nitrogen and oxygen atoms in total. The smallest absolute Gasteiger partial charge is 0.328 e. The number of carboxylic acid groups (broad SMARTS) is 1. The lowest BCUT2D eigenvalue weighted by molar-refractivity contribution is -0.131. The number of rotatable bonds is 6. The maximum absolute atomic E-state index is 10.9. The van der Waals surface area contributed by atoms with E-state index in [1.54, 1.807) is 6.08 Å². The molecule has 3 heteroatoms. The molecule has 0 atom stereocenters. The Morgan fingerprint density at radius 3 is 2.47 bits per heavy atom. The van der Waals surface area contributed by atoms with Crippen LogP contribution in [0.3, 0.4) is 0 Å². The fourth-order valence-corrected chi connectivity index (χ4v) is 4.64. The molecular weight excluding hydrogens is 416 g/mol. The van der Waals surface area contributed by atoms with Crippen molar-refractivity contribution in [3.05, 3.63) is 117 Å². The molecule has 0 amide bonds. The van der Waals surface area contributed by atoms with Gasteiger partial charge in [0.15, 0.2) is 0 Å². The summed E-state index contributed by atoms with van der Waals surface area (Å²) in [7, 11) is 0. The predicted octanol–water partition coefficient (Wildman–Crippen LogP) is 7.71. The third kappa shape index (κ3) is 4.61. The van der Waals surface area contributed by atoms with Crippen LogP contribution in [0.4, 0.5) is 0 Å². The van der Waals surface area contributed by atoms with Gasteiger partial charge in [0.1, 0.15) is 0 Å². The van der Waals surface area contributed by atoms with Crippen molar-refractivity contribution in [2.45, 2.75) is 26.7 Å². The molecule has 0 aromatic heterocycles. The maximum Gasteiger partial charge on any atom is 0.328 e. The van der Waals surface area contributed by atoms with E-state index in [2.05, 4.69) is 61.5 Å². The van der Waals surface area contributed by atoms with Crippen molar-refractivity contribution in [3.8, 4) is 0 Å². The molecule has 0 bridgehead atoms. The molecular formula is C29H25ClO2. The number of fused-ring (bicyclic) bond motifs is 1. The fraction of sp³-hybridized carbons (Fsp3) is 0.138. The Labute approximate surface area is 194 Å². The molecule has 1 aliphatic rings. The van der Waals surface area contributed by atoms with Crippen LogP contribution < -0.4 is 0 Å². The van der Waals surface area contributed by atoms with Crippen molar-refractivity contribution >= 4 is 40.9 Å². The average Bonchev–Trinajstić information content (AvgIpc) is 3.20. The van der Waals surface area contributed by atoms with Gasteiger partial charge in [-0.15, -0.1) is 0 Å². The van der Waals surface area contributed by atoms with Crippen molar-refractivity contribution in [3.63, 3.8) is 0 Å². The van der Waals surface area contributed by atoms with Gasteiger partial charge in [0, 0.05) is 11.1 Å². The van der Waals surface area contributed by atoms with E-state index in [0.29, 0.717) is 0 Å². The van der Waals surface area contributed by atoms with Gasteiger partial charge >= 0.3 is 5.97 Å². The number of aryl methyl sites for hydroxylation is 1. The number of halogens is 1. The summed E-state index contributed by atoms with van der Waals surface area (Å²) >= 11 is 6.71. The largest absolute Gasteiger partial charge is 0.478 e. The van der Waals surface area contributed by atoms with Crippen LogP contribution in [-0.4, -0.2) is 11.1 Å². The van der Waals surface area contributed by atoms with E-state index in [0.717, 1.165) is 46.2 Å². The highest BCUT2D eigenvalue weighted by molar-refractivity contribution is 6.33. The zero-order valence-electron chi connectivity index (χ0n) is 18.2. The van der Waals surface area contributed by atoms with Crippen LogP contribution in [0.1, 0.15) is 46.7 Å². The standard InChI is InChI=1S/C29H25ClO2/c1-3-25(26-14-8-19(2)16-27(26)30)29(24-17-22-6-4-5-7-23(22)18-24)21-12-9-20(10-13-21)11-15-28(31)32/h4-17H,3,18H2,1-2H3,(H,31,32)/b15-11+,29-25+. The Morgan fingerprint density at radius 1 is 1.06 bits per heavy atom. The van der Waals surface area contributed by atoms with Crippen LogP contribution in [0.25, 0.3) is 23.3 Å². The highest BCUT2D eigenvalue weighted by Gasteiger charge is 2.21. The molecule has 4 rings (SSSR count). The Hall–Kier alpha value is -3.36. The number of carboxylic acids is 1. The van der Waals surface area contributed by atoms with E-state index >= 15 is 0 Å². The van der Waals surface area contributed by atoms with E-state index in [-0.39, 0.29) is 0 Å². The SMILES string of the molecule is CC/C(=C(\C1=Cc2ccccc2C1)c1ccc(/C=C/C(=O)O)cc1)c1ccc(C)cc1Cl. The summed E-state index contributed by atoms with van der Waals surface area (Å²) in [6, 6.07) is 22.8. The summed E-state index contributed by atoms with van der Waals surface area (Å²) in [4.78, 5) is 10.9. The molecule has 1 N–H and O–H groups in total. The van der Waals surface area contributed by atoms with E-state index in [1.807, 2.05) is 25.1 Å². The summed E-state index contributed by atoms with van der Waals surface area (Å²) in [6.07, 6.45) is 6.76. The minimum absolute atomic E-state index is 0.761. The molecule has 32 heavy (non-hydrogen) atoms. The molecule has 3 aromatic rings. The molecule has 0 radical (unpaired) electrons. The molecule has 160 valence electrons. The molecule has 0 aliphatic heterocycles. The van der Waals surface area contributed by atoms with E-state index in [4.69, 9.17) is 16.7 Å². The predicted molar refractivity (Wildman–Crippen MR) is 135 cm³/mol. The topological polar surface area (TPSA) is 37.3 Å². The first-order valence-electron chi connectivity index (χ1n) is 10.8. The molecule has 3 aromatic carbocycles. The lowest BCUT2D eigenvalue weighted by Gasteiger charge is -2.18. The van der Waals surface area contributed by atoms with Gasteiger partial charge in [-0.25, -0.2) is 4.79 Å². The summed E-state index contributed by atoms with van der Waals surface area (Å²) < 4.78 is 0. The second-order valence-electron chi connectivity index (χ2n) is 8.03. The first-order chi connectivity index (χ1) is 15.5. The van der Waals surface area contributed by atoms with Gasteiger partial charge in [0.25, 0.3) is 0 Å². The number of allylic oxidation sites excluding steroid dienone is 3. The normalized spacial score (nSPS) is 13.7. The third-order valence-corrected chi connectivity index (χ3v) is 6.12. The Bertz CT molecular complexity index is 1260. The van der Waals surface area contributed by atoms with E-state index in [9.17, 15) is 4.79 Å². The zero-order chi connectivity index (χ0) is 22.7. The highest BCUT2D eigenvalue weighted by atomic mass is 35.5. The van der Waals surface area contributed by atoms with Crippen LogP contribution in [0.5, 0.6) is 0 Å². The van der Waals surface area contributed by atoms with Gasteiger partial charge in [-0.2, -0.15) is 0 Å². The number of benzene rings is 3. The van der Waals surface area contributed by atoms with Crippen molar-refractivity contribution in [1.29, 1.82) is 0 Å². The lowest BCUT2D eigenvalue weighted by atomic mass is 9.86. The molecule has 1 aliphatic carbocycles. The Kier molecular flexibility index (Phi) is 6.43. The minimum atomic E-state index is -0.953. The van der Waals surface area contributed by atoms with Crippen LogP contribution in [0.15, 0.2) is 78.4 Å². The first kappa shape index (κ1) is 21.9. The first-order valence-corrected chi connectivity index (χ1v) is 11.1. The lowest BCUT2D eigenvalue weighted by Crippen LogP contribution is -1.98. The zero-order valence-corrected chi connectivity index (χ0v) is 19.0. The molecule has 0 heterocycles. The van der Waals surface area contributed by atoms with Gasteiger partial charge in [-0.05, 0) is 82.0 Å².